The minimum atomic E-state index is -4.36. The number of nitrogens with one attached hydrogen (secondary N) is 1. The first-order valence-electron chi connectivity index (χ1n) is 11.9. The van der Waals surface area contributed by atoms with Crippen molar-refractivity contribution in [1.82, 2.24) is 10.2 Å². The van der Waals surface area contributed by atoms with Gasteiger partial charge in [0, 0.05) is 28.7 Å². The summed E-state index contributed by atoms with van der Waals surface area (Å²) in [5.41, 5.74) is 0.0891. The lowest BCUT2D eigenvalue weighted by Crippen LogP contribution is -2.51. The average Bonchev–Trinajstić information content (AvgIpc) is 2.90. The number of benzene rings is 3. The molecule has 1 N–H and O–H groups in total. The maximum absolute atomic E-state index is 14.9. The van der Waals surface area contributed by atoms with E-state index in [4.69, 9.17) is 23.2 Å². The zero-order chi connectivity index (χ0) is 27.9. The van der Waals surface area contributed by atoms with Gasteiger partial charge in [-0.1, -0.05) is 66.5 Å². The number of nitrogens with zero attached hydrogens (tertiary/aromatic N) is 2. The molecule has 0 aromatic heterocycles. The minimum Gasteiger partial charge on any atom is -0.354 e. The molecular weight excluding hydrogens is 552 g/mol. The molecule has 0 saturated carbocycles. The number of hydrogen-bond donors (Lipinski definition) is 1. The predicted octanol–water partition coefficient (Wildman–Crippen LogP) is 5.27. The van der Waals surface area contributed by atoms with E-state index in [0.717, 1.165) is 6.07 Å². The molecule has 3 rings (SSSR count). The zero-order valence-electron chi connectivity index (χ0n) is 20.9. The number of anilines is 1. The van der Waals surface area contributed by atoms with E-state index >= 15 is 0 Å². The van der Waals surface area contributed by atoms with E-state index in [1.807, 2.05) is 6.92 Å². The zero-order valence-corrected chi connectivity index (χ0v) is 23.2. The molecule has 11 heteroatoms. The van der Waals surface area contributed by atoms with Gasteiger partial charge in [0.25, 0.3) is 10.0 Å². The topological polar surface area (TPSA) is 86.8 Å². The van der Waals surface area contributed by atoms with Crippen LogP contribution in [0.3, 0.4) is 0 Å². The maximum Gasteiger partial charge on any atom is 0.264 e. The van der Waals surface area contributed by atoms with Crippen molar-refractivity contribution >= 4 is 50.7 Å². The molecule has 1 atom stereocenters. The van der Waals surface area contributed by atoms with Crippen molar-refractivity contribution in [3.05, 3.63) is 94.2 Å². The number of hydrogen-bond acceptors (Lipinski definition) is 4. The van der Waals surface area contributed by atoms with Crippen molar-refractivity contribution in [2.75, 3.05) is 17.4 Å². The lowest BCUT2D eigenvalue weighted by Gasteiger charge is -2.32. The highest BCUT2D eigenvalue weighted by molar-refractivity contribution is 7.92. The molecule has 0 aliphatic heterocycles. The van der Waals surface area contributed by atoms with Crippen LogP contribution in [0, 0.1) is 5.82 Å². The van der Waals surface area contributed by atoms with Crippen molar-refractivity contribution < 1.29 is 22.4 Å². The first-order valence-corrected chi connectivity index (χ1v) is 14.1. The quantitative estimate of drug-likeness (QED) is 0.335. The highest BCUT2D eigenvalue weighted by Gasteiger charge is 2.34. The molecule has 0 bridgehead atoms. The number of sulfonamides is 1. The number of amides is 2. The Hall–Kier alpha value is -3.14. The molecule has 0 saturated heterocycles. The van der Waals surface area contributed by atoms with Crippen molar-refractivity contribution in [3.8, 4) is 0 Å². The molecule has 0 aliphatic rings. The first kappa shape index (κ1) is 29.4. The molecule has 3 aromatic carbocycles. The second-order valence-corrected chi connectivity index (χ2v) is 11.1. The summed E-state index contributed by atoms with van der Waals surface area (Å²) < 4.78 is 42.8. The molecule has 202 valence electrons. The molecular formula is C27H28Cl2FN3O4S. The van der Waals surface area contributed by atoms with Crippen LogP contribution in [0.1, 0.15) is 25.8 Å². The van der Waals surface area contributed by atoms with Crippen molar-refractivity contribution in [2.45, 2.75) is 37.8 Å². The fraction of sp³-hybridized carbons (Fsp3) is 0.259. The van der Waals surface area contributed by atoms with Gasteiger partial charge in [0.15, 0.2) is 0 Å². The summed E-state index contributed by atoms with van der Waals surface area (Å²) in [5.74, 6) is -2.01. The Bertz CT molecular complexity index is 1370. The Labute approximate surface area is 232 Å². The molecule has 2 amide bonds. The first-order chi connectivity index (χ1) is 18.1. The molecule has 38 heavy (non-hydrogen) atoms. The second-order valence-electron chi connectivity index (χ2n) is 8.46. The maximum atomic E-state index is 14.9. The lowest BCUT2D eigenvalue weighted by atomic mass is 10.1. The normalized spacial score (nSPS) is 12.0. The number of halogens is 3. The largest absolute Gasteiger partial charge is 0.354 e. The molecule has 3 aromatic rings. The Morgan fingerprint density at radius 2 is 1.55 bits per heavy atom. The molecule has 0 spiro atoms. The summed E-state index contributed by atoms with van der Waals surface area (Å²) in [4.78, 5) is 27.7. The van der Waals surface area contributed by atoms with Crippen LogP contribution in [0.15, 0.2) is 77.7 Å². The van der Waals surface area contributed by atoms with Gasteiger partial charge in [-0.25, -0.2) is 12.8 Å². The Morgan fingerprint density at radius 3 is 2.16 bits per heavy atom. The van der Waals surface area contributed by atoms with Gasteiger partial charge in [-0.2, -0.15) is 0 Å². The van der Waals surface area contributed by atoms with E-state index in [1.54, 1.807) is 24.3 Å². The van der Waals surface area contributed by atoms with E-state index in [1.165, 1.54) is 54.3 Å². The number of carbonyl (C=O) groups is 2. The third-order valence-electron chi connectivity index (χ3n) is 5.84. The van der Waals surface area contributed by atoms with E-state index in [9.17, 15) is 22.4 Å². The van der Waals surface area contributed by atoms with Crippen LogP contribution in [-0.4, -0.2) is 44.3 Å². The van der Waals surface area contributed by atoms with Crippen LogP contribution >= 0.6 is 23.2 Å². The third kappa shape index (κ3) is 6.83. The fourth-order valence-electron chi connectivity index (χ4n) is 3.72. The van der Waals surface area contributed by atoms with Crippen LogP contribution in [0.5, 0.6) is 0 Å². The summed E-state index contributed by atoms with van der Waals surface area (Å²) in [5, 5.41) is 3.30. The van der Waals surface area contributed by atoms with Crippen LogP contribution < -0.4 is 9.62 Å². The van der Waals surface area contributed by atoms with Crippen LogP contribution in [-0.2, 0) is 26.2 Å². The Balaban J connectivity index is 2.06. The number of rotatable bonds is 11. The predicted molar refractivity (Wildman–Crippen MR) is 147 cm³/mol. The fourth-order valence-corrected chi connectivity index (χ4v) is 5.68. The van der Waals surface area contributed by atoms with Gasteiger partial charge in [-0.05, 0) is 49.7 Å². The molecule has 0 heterocycles. The summed E-state index contributed by atoms with van der Waals surface area (Å²) in [6.45, 7) is 2.85. The van der Waals surface area contributed by atoms with E-state index in [-0.39, 0.29) is 27.2 Å². The lowest BCUT2D eigenvalue weighted by molar-refractivity contribution is -0.139. The minimum absolute atomic E-state index is 0.120. The summed E-state index contributed by atoms with van der Waals surface area (Å²) >= 11 is 12.7. The number of para-hydroxylation sites is 1. The summed E-state index contributed by atoms with van der Waals surface area (Å²) in [7, 11) is -4.36. The summed E-state index contributed by atoms with van der Waals surface area (Å²) in [6.07, 6.45) is 0.680. The average molecular weight is 581 g/mol. The third-order valence-corrected chi connectivity index (χ3v) is 8.32. The highest BCUT2D eigenvalue weighted by Crippen LogP contribution is 2.29. The highest BCUT2D eigenvalue weighted by atomic mass is 35.5. The smallest absolute Gasteiger partial charge is 0.264 e. The van der Waals surface area contributed by atoms with E-state index in [2.05, 4.69) is 5.32 Å². The Kier molecular flexibility index (Phi) is 10.1. The molecule has 0 unspecified atom stereocenters. The van der Waals surface area contributed by atoms with Gasteiger partial charge in [0.1, 0.15) is 18.4 Å². The van der Waals surface area contributed by atoms with Crippen LogP contribution in [0.4, 0.5) is 10.1 Å². The van der Waals surface area contributed by atoms with Gasteiger partial charge in [-0.3, -0.25) is 13.9 Å². The molecule has 0 fully saturated rings. The van der Waals surface area contributed by atoms with Crippen LogP contribution in [0.25, 0.3) is 0 Å². The molecule has 0 radical (unpaired) electrons. The van der Waals surface area contributed by atoms with Crippen molar-refractivity contribution in [3.63, 3.8) is 0 Å². The summed E-state index contributed by atoms with van der Waals surface area (Å²) in [6, 6.07) is 16.5. The monoisotopic (exact) mass is 579 g/mol. The SMILES string of the molecule is CCCNC(=O)[C@@H](C)N(Cc1c(Cl)cccc1Cl)C(=O)CN(c1ccccc1F)S(=O)(=O)c1ccccc1. The molecule has 0 aliphatic carbocycles. The van der Waals surface area contributed by atoms with Crippen molar-refractivity contribution in [2.24, 2.45) is 0 Å². The van der Waals surface area contributed by atoms with Gasteiger partial charge in [-0.15, -0.1) is 0 Å². The van der Waals surface area contributed by atoms with Crippen molar-refractivity contribution in [1.29, 1.82) is 0 Å². The van der Waals surface area contributed by atoms with Gasteiger partial charge in [0.05, 0.1) is 10.6 Å². The van der Waals surface area contributed by atoms with E-state index in [0.29, 0.717) is 22.8 Å². The van der Waals surface area contributed by atoms with E-state index < -0.39 is 40.2 Å². The van der Waals surface area contributed by atoms with Gasteiger partial charge >= 0.3 is 0 Å². The van der Waals surface area contributed by atoms with Gasteiger partial charge in [0.2, 0.25) is 11.8 Å². The second kappa shape index (κ2) is 13.1. The Morgan fingerprint density at radius 1 is 0.947 bits per heavy atom. The van der Waals surface area contributed by atoms with Crippen LogP contribution in [0.2, 0.25) is 10.0 Å². The van der Waals surface area contributed by atoms with Gasteiger partial charge < -0.3 is 10.2 Å². The molecule has 7 nitrogen and oxygen atoms in total. The standard InChI is InChI=1S/C27H28Cl2FN3O4S/c1-3-16-31-27(35)19(2)32(17-21-22(28)12-9-13-23(21)29)26(34)18-33(25-15-8-7-14-24(25)30)38(36,37)20-10-5-4-6-11-20/h4-15,19H,3,16-18H2,1-2H3,(H,31,35)/t19-/m1/s1. The number of carbonyl (C=O) groups excluding carboxylic acids is 2.